The van der Waals surface area contributed by atoms with Gasteiger partial charge in [-0.1, -0.05) is 0 Å². The minimum Gasteiger partial charge on any atom is -0.468 e. The number of thioether (sulfide) groups is 1. The van der Waals surface area contributed by atoms with Crippen LogP contribution in [0.4, 0.5) is 0 Å². The molecule has 0 aliphatic heterocycles. The smallest absolute Gasteiger partial charge is 0.120 e. The van der Waals surface area contributed by atoms with E-state index >= 15 is 0 Å². The number of hydrogen-bond acceptors (Lipinski definition) is 4. The highest BCUT2D eigenvalue weighted by Gasteiger charge is 2.07. The van der Waals surface area contributed by atoms with E-state index in [1.54, 1.807) is 6.26 Å². The molecular formula is C13H19N3OS. The van der Waals surface area contributed by atoms with Crippen LogP contribution >= 0.6 is 11.8 Å². The lowest BCUT2D eigenvalue weighted by Gasteiger charge is -2.10. The highest BCUT2D eigenvalue weighted by Crippen LogP contribution is 2.18. The molecule has 0 aliphatic rings. The molecule has 0 fully saturated rings. The number of nitrogens with one attached hydrogen (secondary N) is 1. The summed E-state index contributed by atoms with van der Waals surface area (Å²) in [5.41, 5.74) is 1.07. The maximum atomic E-state index is 5.35. The van der Waals surface area contributed by atoms with Gasteiger partial charge in [-0.25, -0.2) is 0 Å². The topological polar surface area (TPSA) is 43.0 Å². The third-order valence-corrected chi connectivity index (χ3v) is 3.82. The first-order valence-electron chi connectivity index (χ1n) is 6.07. The average Bonchev–Trinajstić information content (AvgIpc) is 2.94. The molecule has 98 valence electrons. The van der Waals surface area contributed by atoms with Crippen LogP contribution in [0.5, 0.6) is 0 Å². The number of aromatic nitrogens is 2. The van der Waals surface area contributed by atoms with E-state index in [9.17, 15) is 0 Å². The molecule has 1 unspecified atom stereocenters. The van der Waals surface area contributed by atoms with Crippen LogP contribution in [0.2, 0.25) is 0 Å². The van der Waals surface area contributed by atoms with Gasteiger partial charge < -0.3 is 9.73 Å². The number of rotatable bonds is 6. The lowest BCUT2D eigenvalue weighted by molar-refractivity contribution is 0.438. The monoisotopic (exact) mass is 265 g/mol. The summed E-state index contributed by atoms with van der Waals surface area (Å²) >= 11 is 1.81. The Morgan fingerprint density at radius 1 is 1.56 bits per heavy atom. The lowest BCUT2D eigenvalue weighted by Crippen LogP contribution is -2.20. The van der Waals surface area contributed by atoms with Crippen molar-refractivity contribution in [2.24, 2.45) is 7.05 Å². The van der Waals surface area contributed by atoms with Crippen LogP contribution < -0.4 is 5.32 Å². The quantitative estimate of drug-likeness (QED) is 0.644. The Morgan fingerprint density at radius 2 is 2.39 bits per heavy atom. The Balaban J connectivity index is 1.72. The SMILES string of the molecule is Cc1cc(SCCNC(C)c2ccco2)n(C)n1. The summed E-state index contributed by atoms with van der Waals surface area (Å²) < 4.78 is 7.28. The van der Waals surface area contributed by atoms with E-state index in [1.165, 1.54) is 5.03 Å². The predicted octanol–water partition coefficient (Wildman–Crippen LogP) is 2.76. The van der Waals surface area contributed by atoms with Gasteiger partial charge in [0, 0.05) is 19.3 Å². The molecule has 0 aliphatic carbocycles. The van der Waals surface area contributed by atoms with E-state index in [1.807, 2.05) is 42.5 Å². The molecule has 0 aromatic carbocycles. The largest absolute Gasteiger partial charge is 0.468 e. The van der Waals surface area contributed by atoms with Crippen molar-refractivity contribution < 1.29 is 4.42 Å². The van der Waals surface area contributed by atoms with Gasteiger partial charge in [0.2, 0.25) is 0 Å². The van der Waals surface area contributed by atoms with Gasteiger partial charge in [-0.3, -0.25) is 4.68 Å². The van der Waals surface area contributed by atoms with E-state index in [0.29, 0.717) is 0 Å². The van der Waals surface area contributed by atoms with Crippen LogP contribution in [0.1, 0.15) is 24.4 Å². The second-order valence-electron chi connectivity index (χ2n) is 4.29. The van der Waals surface area contributed by atoms with E-state index in [4.69, 9.17) is 4.42 Å². The van der Waals surface area contributed by atoms with Crippen molar-refractivity contribution in [1.29, 1.82) is 0 Å². The van der Waals surface area contributed by atoms with Gasteiger partial charge in [-0.05, 0) is 32.0 Å². The third-order valence-electron chi connectivity index (χ3n) is 2.73. The first-order chi connectivity index (χ1) is 8.66. The van der Waals surface area contributed by atoms with Crippen molar-refractivity contribution in [2.45, 2.75) is 24.9 Å². The van der Waals surface area contributed by atoms with Gasteiger partial charge in [0.25, 0.3) is 0 Å². The number of hydrogen-bond donors (Lipinski definition) is 1. The molecule has 2 heterocycles. The molecule has 0 radical (unpaired) electrons. The molecule has 0 saturated carbocycles. The second kappa shape index (κ2) is 6.11. The molecule has 1 atom stereocenters. The maximum Gasteiger partial charge on any atom is 0.120 e. The maximum absolute atomic E-state index is 5.35. The van der Waals surface area contributed by atoms with E-state index < -0.39 is 0 Å². The molecule has 0 spiro atoms. The van der Waals surface area contributed by atoms with Crippen molar-refractivity contribution in [3.8, 4) is 0 Å². The molecule has 0 bridgehead atoms. The summed E-state index contributed by atoms with van der Waals surface area (Å²) in [4.78, 5) is 0. The molecule has 1 N–H and O–H groups in total. The third kappa shape index (κ3) is 3.40. The van der Waals surface area contributed by atoms with E-state index in [-0.39, 0.29) is 6.04 Å². The first-order valence-corrected chi connectivity index (χ1v) is 7.05. The summed E-state index contributed by atoms with van der Waals surface area (Å²) in [5, 5.41) is 8.97. The van der Waals surface area contributed by atoms with Gasteiger partial charge in [-0.15, -0.1) is 11.8 Å². The van der Waals surface area contributed by atoms with Crippen LogP contribution in [-0.4, -0.2) is 22.1 Å². The Bertz CT molecular complexity index is 478. The number of nitrogens with zero attached hydrogens (tertiary/aromatic N) is 2. The molecule has 2 aromatic rings. The first kappa shape index (κ1) is 13.2. The molecule has 5 heteroatoms. The Hall–Kier alpha value is -1.20. The molecule has 2 rings (SSSR count). The Morgan fingerprint density at radius 3 is 3.00 bits per heavy atom. The van der Waals surface area contributed by atoms with Crippen molar-refractivity contribution >= 4 is 11.8 Å². The fourth-order valence-corrected chi connectivity index (χ4v) is 2.70. The molecule has 0 amide bonds. The predicted molar refractivity (Wildman–Crippen MR) is 73.8 cm³/mol. The zero-order valence-corrected chi connectivity index (χ0v) is 11.8. The van der Waals surface area contributed by atoms with Gasteiger partial charge in [0.1, 0.15) is 5.76 Å². The number of furan rings is 1. The Kier molecular flexibility index (Phi) is 4.49. The zero-order chi connectivity index (χ0) is 13.0. The minimum atomic E-state index is 0.258. The van der Waals surface area contributed by atoms with E-state index in [0.717, 1.165) is 23.8 Å². The number of aryl methyl sites for hydroxylation is 2. The Labute approximate surface area is 112 Å². The highest BCUT2D eigenvalue weighted by molar-refractivity contribution is 7.99. The normalized spacial score (nSPS) is 12.8. The van der Waals surface area contributed by atoms with Crippen LogP contribution in [0.15, 0.2) is 33.9 Å². The molecular weight excluding hydrogens is 246 g/mol. The van der Waals surface area contributed by atoms with Crippen molar-refractivity contribution in [2.75, 3.05) is 12.3 Å². The molecule has 4 nitrogen and oxygen atoms in total. The minimum absolute atomic E-state index is 0.258. The molecule has 2 aromatic heterocycles. The zero-order valence-electron chi connectivity index (χ0n) is 11.0. The van der Waals surface area contributed by atoms with Crippen LogP contribution in [0, 0.1) is 6.92 Å². The summed E-state index contributed by atoms with van der Waals surface area (Å²) in [6.07, 6.45) is 1.71. The average molecular weight is 265 g/mol. The fourth-order valence-electron chi connectivity index (χ4n) is 1.79. The van der Waals surface area contributed by atoms with Crippen LogP contribution in [-0.2, 0) is 7.05 Å². The molecule has 0 saturated heterocycles. The second-order valence-corrected chi connectivity index (χ2v) is 5.40. The highest BCUT2D eigenvalue weighted by atomic mass is 32.2. The lowest BCUT2D eigenvalue weighted by atomic mass is 10.2. The summed E-state index contributed by atoms with van der Waals surface area (Å²) in [5.74, 6) is 2.00. The van der Waals surface area contributed by atoms with Crippen molar-refractivity contribution in [3.63, 3.8) is 0 Å². The molecule has 18 heavy (non-hydrogen) atoms. The van der Waals surface area contributed by atoms with Gasteiger partial charge in [0.15, 0.2) is 0 Å². The van der Waals surface area contributed by atoms with Gasteiger partial charge >= 0.3 is 0 Å². The summed E-state index contributed by atoms with van der Waals surface area (Å²) in [6.45, 7) is 5.07. The summed E-state index contributed by atoms with van der Waals surface area (Å²) in [6, 6.07) is 6.28. The fraction of sp³-hybridized carbons (Fsp3) is 0.462. The van der Waals surface area contributed by atoms with Gasteiger partial charge in [0.05, 0.1) is 23.0 Å². The van der Waals surface area contributed by atoms with Crippen molar-refractivity contribution in [1.82, 2.24) is 15.1 Å². The standard InChI is InChI=1S/C13H19N3OS/c1-10-9-13(16(3)15-10)18-8-6-14-11(2)12-5-4-7-17-12/h4-5,7,9,11,14H,6,8H2,1-3H3. The van der Waals surface area contributed by atoms with Crippen LogP contribution in [0.25, 0.3) is 0 Å². The van der Waals surface area contributed by atoms with Gasteiger partial charge in [-0.2, -0.15) is 5.10 Å². The summed E-state index contributed by atoms with van der Waals surface area (Å²) in [7, 11) is 1.98. The van der Waals surface area contributed by atoms with Crippen molar-refractivity contribution in [3.05, 3.63) is 35.9 Å². The van der Waals surface area contributed by atoms with E-state index in [2.05, 4.69) is 23.4 Å². The van der Waals surface area contributed by atoms with Crippen LogP contribution in [0.3, 0.4) is 0 Å².